The summed E-state index contributed by atoms with van der Waals surface area (Å²) in [4.78, 5) is 17.5. The van der Waals surface area contributed by atoms with Gasteiger partial charge in [-0.25, -0.2) is 4.99 Å². The molecule has 0 atom stereocenters. The van der Waals surface area contributed by atoms with E-state index in [2.05, 4.69) is 42.9 Å². The molecule has 0 saturated carbocycles. The summed E-state index contributed by atoms with van der Waals surface area (Å²) in [6.07, 6.45) is 1.89. The molecule has 5 rings (SSSR count). The molecule has 3 aromatic rings. The number of halogens is 2. The molecule has 25 heavy (non-hydrogen) atoms. The fourth-order valence-corrected chi connectivity index (χ4v) is 5.13. The molecular weight excluding hydrogens is 446 g/mol. The van der Waals surface area contributed by atoms with E-state index in [-0.39, 0.29) is 11.5 Å². The molecule has 2 aliphatic rings. The topological polar surface area (TPSA) is 49.7 Å². The number of Topliss-reactive ketones (excluding diaryl/α,β-unsaturated/α-hetero) is 1. The number of carbonyl (C=O) groups excluding carboxylic acids is 1. The van der Waals surface area contributed by atoms with Gasteiger partial charge in [0.2, 0.25) is 5.78 Å². The van der Waals surface area contributed by atoms with Gasteiger partial charge in [0.25, 0.3) is 0 Å². The highest BCUT2D eigenvalue weighted by molar-refractivity contribution is 9.11. The van der Waals surface area contributed by atoms with E-state index in [4.69, 9.17) is 0 Å². The number of nitrogens with zero attached hydrogens (tertiary/aromatic N) is 1. The Morgan fingerprint density at radius 3 is 2.64 bits per heavy atom. The minimum absolute atomic E-state index is 0.137. The van der Waals surface area contributed by atoms with Gasteiger partial charge >= 0.3 is 0 Å². The minimum atomic E-state index is -0.159. The lowest BCUT2D eigenvalue weighted by molar-refractivity contribution is 0.107. The second-order valence-electron chi connectivity index (χ2n) is 6.34. The van der Waals surface area contributed by atoms with Gasteiger partial charge in [0.05, 0.1) is 11.3 Å². The number of aromatic hydroxyl groups is 1. The van der Waals surface area contributed by atoms with Crippen molar-refractivity contribution in [2.75, 3.05) is 0 Å². The summed E-state index contributed by atoms with van der Waals surface area (Å²) in [5.41, 5.74) is 4.41. The van der Waals surface area contributed by atoms with Crippen molar-refractivity contribution < 1.29 is 9.90 Å². The molecule has 1 aliphatic carbocycles. The van der Waals surface area contributed by atoms with Crippen molar-refractivity contribution in [3.8, 4) is 5.75 Å². The zero-order valence-electron chi connectivity index (χ0n) is 12.9. The molecule has 1 N–H and O–H groups in total. The van der Waals surface area contributed by atoms with Gasteiger partial charge in [0, 0.05) is 19.9 Å². The lowest BCUT2D eigenvalue weighted by atomic mass is 9.95. The zero-order valence-corrected chi connectivity index (χ0v) is 16.1. The Labute approximate surface area is 160 Å². The molecule has 122 valence electrons. The van der Waals surface area contributed by atoms with Gasteiger partial charge < -0.3 is 5.11 Å². The van der Waals surface area contributed by atoms with Gasteiger partial charge in [-0.2, -0.15) is 0 Å². The predicted octanol–water partition coefficient (Wildman–Crippen LogP) is 5.49. The molecule has 5 heteroatoms. The van der Waals surface area contributed by atoms with Crippen molar-refractivity contribution in [2.45, 2.75) is 12.8 Å². The van der Waals surface area contributed by atoms with Crippen LogP contribution in [-0.4, -0.2) is 16.6 Å². The van der Waals surface area contributed by atoms with E-state index in [0.29, 0.717) is 22.5 Å². The van der Waals surface area contributed by atoms with Crippen LogP contribution in [0, 0.1) is 0 Å². The first kappa shape index (κ1) is 15.3. The number of aryl methyl sites for hydroxylation is 2. The van der Waals surface area contributed by atoms with Crippen LogP contribution in [0.3, 0.4) is 0 Å². The van der Waals surface area contributed by atoms with Gasteiger partial charge in [0.1, 0.15) is 11.5 Å². The number of hydrogen-bond donors (Lipinski definition) is 1. The number of ketones is 1. The first-order valence-electron chi connectivity index (χ1n) is 7.94. The summed E-state index contributed by atoms with van der Waals surface area (Å²) in [5.74, 6) is -0.0226. The van der Waals surface area contributed by atoms with Crippen molar-refractivity contribution in [2.24, 2.45) is 4.99 Å². The molecule has 3 aromatic carbocycles. The second kappa shape index (κ2) is 5.26. The van der Waals surface area contributed by atoms with Crippen LogP contribution < -0.4 is 0 Å². The molecule has 1 aliphatic heterocycles. The van der Waals surface area contributed by atoms with E-state index in [1.54, 1.807) is 6.07 Å². The number of aliphatic imine (C=N–C) groups is 1. The number of fused-ring (bicyclic) bond motifs is 1. The van der Waals surface area contributed by atoms with E-state index < -0.39 is 0 Å². The summed E-state index contributed by atoms with van der Waals surface area (Å²) < 4.78 is 1.57. The van der Waals surface area contributed by atoms with Gasteiger partial charge in [0.15, 0.2) is 0 Å². The minimum Gasteiger partial charge on any atom is -0.507 e. The molecule has 3 nitrogen and oxygen atoms in total. The lowest BCUT2D eigenvalue weighted by Crippen LogP contribution is -2.12. The van der Waals surface area contributed by atoms with E-state index >= 15 is 0 Å². The van der Waals surface area contributed by atoms with Crippen molar-refractivity contribution in [1.29, 1.82) is 0 Å². The Hall–Kier alpha value is -1.98. The normalized spacial score (nSPS) is 15.0. The van der Waals surface area contributed by atoms with E-state index in [1.807, 2.05) is 24.3 Å². The molecule has 0 fully saturated rings. The molecule has 0 aromatic heterocycles. The number of phenolic OH excluding ortho intramolecular Hbond substituents is 1. The first-order valence-corrected chi connectivity index (χ1v) is 9.52. The predicted molar refractivity (Wildman–Crippen MR) is 105 cm³/mol. The average Bonchev–Trinajstić information content (AvgIpc) is 3.14. The summed E-state index contributed by atoms with van der Waals surface area (Å²) in [6.45, 7) is 0. The Morgan fingerprint density at radius 1 is 1.00 bits per heavy atom. The third-order valence-corrected chi connectivity index (χ3v) is 5.99. The number of phenols is 1. The van der Waals surface area contributed by atoms with Crippen molar-refractivity contribution in [3.05, 3.63) is 67.6 Å². The van der Waals surface area contributed by atoms with E-state index in [9.17, 15) is 9.90 Å². The molecule has 0 radical (unpaired) electrons. The lowest BCUT2D eigenvalue weighted by Gasteiger charge is -2.10. The number of hydrogen-bond acceptors (Lipinski definition) is 3. The standard InChI is InChI=1S/C20H11Br2NO2/c21-11-7-14-17(15(22)8-11)23-18(20(14)25)13-6-10-5-4-9-2-1-3-12(16(9)10)19(13)24/h1-3,6-8,24H,4-5H2. The molecule has 0 amide bonds. The Balaban J connectivity index is 1.77. The van der Waals surface area contributed by atoms with Crippen LogP contribution in [0.2, 0.25) is 0 Å². The van der Waals surface area contributed by atoms with Crippen LogP contribution in [0.5, 0.6) is 5.75 Å². The van der Waals surface area contributed by atoms with Crippen LogP contribution in [0.4, 0.5) is 5.69 Å². The molecule has 1 heterocycles. The Morgan fingerprint density at radius 2 is 1.80 bits per heavy atom. The van der Waals surface area contributed by atoms with Crippen LogP contribution in [0.25, 0.3) is 10.8 Å². The number of benzene rings is 3. The number of carbonyl (C=O) groups is 1. The monoisotopic (exact) mass is 455 g/mol. The molecule has 0 saturated heterocycles. The Bertz CT molecular complexity index is 1150. The summed E-state index contributed by atoms with van der Waals surface area (Å²) in [5, 5.41) is 12.8. The summed E-state index contributed by atoms with van der Waals surface area (Å²) >= 11 is 6.88. The van der Waals surface area contributed by atoms with Crippen LogP contribution in [-0.2, 0) is 12.8 Å². The second-order valence-corrected chi connectivity index (χ2v) is 8.11. The highest BCUT2D eigenvalue weighted by atomic mass is 79.9. The zero-order chi connectivity index (χ0) is 17.3. The van der Waals surface area contributed by atoms with Gasteiger partial charge in [-0.1, -0.05) is 34.1 Å². The third-order valence-electron chi connectivity index (χ3n) is 4.93. The smallest absolute Gasteiger partial charge is 0.214 e. The highest BCUT2D eigenvalue weighted by Gasteiger charge is 2.31. The fourth-order valence-electron chi connectivity index (χ4n) is 3.82. The maximum Gasteiger partial charge on any atom is 0.214 e. The molecular formula is C20H11Br2NO2. The molecule has 0 spiro atoms. The van der Waals surface area contributed by atoms with Gasteiger partial charge in [-0.05, 0) is 63.5 Å². The highest BCUT2D eigenvalue weighted by Crippen LogP contribution is 2.42. The van der Waals surface area contributed by atoms with Gasteiger partial charge in [-0.15, -0.1) is 0 Å². The van der Waals surface area contributed by atoms with Crippen LogP contribution in [0.1, 0.15) is 27.0 Å². The Kier molecular flexibility index (Phi) is 3.21. The van der Waals surface area contributed by atoms with Crippen molar-refractivity contribution in [3.63, 3.8) is 0 Å². The van der Waals surface area contributed by atoms with Crippen LogP contribution >= 0.6 is 31.9 Å². The largest absolute Gasteiger partial charge is 0.507 e. The fraction of sp³-hybridized carbons (Fsp3) is 0.100. The maximum atomic E-state index is 12.9. The van der Waals surface area contributed by atoms with Crippen LogP contribution in [0.15, 0.2) is 50.3 Å². The quantitative estimate of drug-likeness (QED) is 0.526. The average molecular weight is 457 g/mol. The van der Waals surface area contributed by atoms with Crippen molar-refractivity contribution in [1.82, 2.24) is 0 Å². The molecule has 0 unspecified atom stereocenters. The molecule has 0 bridgehead atoms. The van der Waals surface area contributed by atoms with E-state index in [1.165, 1.54) is 11.1 Å². The third kappa shape index (κ3) is 2.09. The summed E-state index contributed by atoms with van der Waals surface area (Å²) in [6, 6.07) is 11.5. The maximum absolute atomic E-state index is 12.9. The van der Waals surface area contributed by atoms with Gasteiger partial charge in [-0.3, -0.25) is 4.79 Å². The SMILES string of the molecule is O=C1C(c2cc3c4c(cccc4c2O)CC3)=Nc2c(Br)cc(Br)cc21. The number of rotatable bonds is 1. The van der Waals surface area contributed by atoms with E-state index in [0.717, 1.165) is 32.6 Å². The first-order chi connectivity index (χ1) is 12.0. The van der Waals surface area contributed by atoms with Crippen molar-refractivity contribution >= 4 is 59.8 Å². The summed E-state index contributed by atoms with van der Waals surface area (Å²) in [7, 11) is 0.